The zero-order valence-electron chi connectivity index (χ0n) is 21.9. The monoisotopic (exact) mass is 486 g/mol. The maximum Gasteiger partial charge on any atom is 0.168 e. The summed E-state index contributed by atoms with van der Waals surface area (Å²) in [6.07, 6.45) is 16.4. The number of rotatable bonds is 17. The van der Waals surface area contributed by atoms with Crippen LogP contribution < -0.4 is 9.47 Å². The summed E-state index contributed by atoms with van der Waals surface area (Å²) in [6.45, 7) is 5.50. The first-order valence-corrected chi connectivity index (χ1v) is 14.1. The lowest BCUT2D eigenvalue weighted by molar-refractivity contribution is 0.288. The third-order valence-electron chi connectivity index (χ3n) is 7.09. The zero-order valence-corrected chi connectivity index (χ0v) is 21.9. The molecule has 0 atom stereocenters. The van der Waals surface area contributed by atoms with Crippen LogP contribution in [-0.2, 0) is 12.8 Å². The molecule has 0 saturated heterocycles. The Balaban J connectivity index is 1.54. The molecule has 0 saturated carbocycles. The number of fused-ring (bicyclic) bond motifs is 3. The average molecular weight is 487 g/mol. The van der Waals surface area contributed by atoms with Crippen molar-refractivity contribution in [2.24, 2.45) is 0 Å². The van der Waals surface area contributed by atoms with Gasteiger partial charge < -0.3 is 9.47 Å². The van der Waals surface area contributed by atoms with Gasteiger partial charge in [0.25, 0.3) is 0 Å². The molecule has 0 aromatic heterocycles. The molecule has 3 rings (SSSR count). The van der Waals surface area contributed by atoms with E-state index in [1.165, 1.54) is 57.8 Å². The van der Waals surface area contributed by atoms with E-state index in [0.717, 1.165) is 36.8 Å². The molecule has 0 spiro atoms. The molecule has 1 aliphatic carbocycles. The molecular formula is C31H44F2O2. The highest BCUT2D eigenvalue weighted by atomic mass is 19.1. The molecule has 0 fully saturated rings. The fraction of sp³-hybridized carbons (Fsp3) is 0.613. The van der Waals surface area contributed by atoms with Crippen LogP contribution in [0.5, 0.6) is 11.5 Å². The number of ether oxygens (including phenoxy) is 2. The van der Waals surface area contributed by atoms with E-state index in [1.54, 1.807) is 12.1 Å². The van der Waals surface area contributed by atoms with Crippen LogP contribution in [-0.4, -0.2) is 13.2 Å². The van der Waals surface area contributed by atoms with Crippen molar-refractivity contribution in [1.82, 2.24) is 0 Å². The Kier molecular flexibility index (Phi) is 11.9. The van der Waals surface area contributed by atoms with Crippen LogP contribution in [0, 0.1) is 11.6 Å². The van der Waals surface area contributed by atoms with Gasteiger partial charge in [-0.05, 0) is 60.1 Å². The lowest BCUT2D eigenvalue weighted by Crippen LogP contribution is -2.11. The summed E-state index contributed by atoms with van der Waals surface area (Å²) < 4.78 is 42.0. The number of unbranched alkanes of at least 4 members (excludes halogenated alkanes) is 11. The highest BCUT2D eigenvalue weighted by molar-refractivity contribution is 5.75. The smallest absolute Gasteiger partial charge is 0.168 e. The topological polar surface area (TPSA) is 18.5 Å². The molecule has 0 heterocycles. The maximum atomic E-state index is 15.2. The first kappa shape index (κ1) is 27.5. The molecule has 1 aliphatic rings. The van der Waals surface area contributed by atoms with Crippen LogP contribution in [0.15, 0.2) is 24.3 Å². The molecule has 2 aromatic rings. The summed E-state index contributed by atoms with van der Waals surface area (Å²) in [4.78, 5) is 0. The zero-order chi connectivity index (χ0) is 24.9. The largest absolute Gasteiger partial charge is 0.491 e. The van der Waals surface area contributed by atoms with Crippen LogP contribution in [0.25, 0.3) is 11.1 Å². The summed E-state index contributed by atoms with van der Waals surface area (Å²) in [5.41, 5.74) is 2.81. The lowest BCUT2D eigenvalue weighted by Gasteiger charge is -2.23. The van der Waals surface area contributed by atoms with Gasteiger partial charge in [-0.1, -0.05) is 96.6 Å². The predicted molar refractivity (Wildman–Crippen MR) is 142 cm³/mol. The van der Waals surface area contributed by atoms with Gasteiger partial charge >= 0.3 is 0 Å². The van der Waals surface area contributed by atoms with Gasteiger partial charge in [0.05, 0.1) is 13.2 Å². The van der Waals surface area contributed by atoms with E-state index in [2.05, 4.69) is 13.8 Å². The summed E-state index contributed by atoms with van der Waals surface area (Å²) in [6, 6.07) is 7.16. The van der Waals surface area contributed by atoms with Crippen LogP contribution in [0.1, 0.15) is 108 Å². The van der Waals surface area contributed by atoms with Crippen LogP contribution >= 0.6 is 0 Å². The Bertz CT molecular complexity index is 909. The standard InChI is InChI=1S/C31H44F2O2/c1-3-5-7-9-11-13-15-23-35-29-21-19-25-24-18-20-28(34-22-14-12-10-8-6-4-2)30(32)26(24)16-17-27(25)31(29)33/h18-21H,3-17,22-23H2,1-2H3. The van der Waals surface area contributed by atoms with Crippen molar-refractivity contribution in [2.45, 2.75) is 110 Å². The molecular weight excluding hydrogens is 442 g/mol. The third-order valence-corrected chi connectivity index (χ3v) is 7.09. The highest BCUT2D eigenvalue weighted by Gasteiger charge is 2.25. The Labute approximate surface area is 211 Å². The molecule has 0 aliphatic heterocycles. The average Bonchev–Trinajstić information content (AvgIpc) is 2.87. The molecule has 35 heavy (non-hydrogen) atoms. The fourth-order valence-corrected chi connectivity index (χ4v) is 4.97. The van der Waals surface area contributed by atoms with Gasteiger partial charge in [-0.3, -0.25) is 0 Å². The first-order chi connectivity index (χ1) is 17.2. The van der Waals surface area contributed by atoms with Crippen molar-refractivity contribution < 1.29 is 18.3 Å². The summed E-state index contributed by atoms with van der Waals surface area (Å²) >= 11 is 0. The van der Waals surface area contributed by atoms with Gasteiger partial charge in [0.2, 0.25) is 0 Å². The predicted octanol–water partition coefficient (Wildman–Crippen LogP) is 9.60. The van der Waals surface area contributed by atoms with Crippen LogP contribution in [0.2, 0.25) is 0 Å². The van der Waals surface area contributed by atoms with Gasteiger partial charge in [0, 0.05) is 0 Å². The minimum Gasteiger partial charge on any atom is -0.491 e. The second-order valence-corrected chi connectivity index (χ2v) is 9.89. The molecule has 0 amide bonds. The van der Waals surface area contributed by atoms with Crippen molar-refractivity contribution >= 4 is 0 Å². The van der Waals surface area contributed by atoms with Crippen molar-refractivity contribution in [3.05, 3.63) is 47.0 Å². The Morgan fingerprint density at radius 1 is 0.543 bits per heavy atom. The number of halogens is 2. The normalized spacial score (nSPS) is 12.3. The summed E-state index contributed by atoms with van der Waals surface area (Å²) in [5, 5.41) is 0. The van der Waals surface area contributed by atoms with Gasteiger partial charge in [-0.25, -0.2) is 8.78 Å². The van der Waals surface area contributed by atoms with E-state index in [0.29, 0.717) is 48.7 Å². The first-order valence-electron chi connectivity index (χ1n) is 14.1. The van der Waals surface area contributed by atoms with E-state index >= 15 is 8.78 Å². The Hall–Kier alpha value is -2.10. The van der Waals surface area contributed by atoms with Gasteiger partial charge in [0.1, 0.15) is 0 Å². The fourth-order valence-electron chi connectivity index (χ4n) is 4.97. The van der Waals surface area contributed by atoms with E-state index in [-0.39, 0.29) is 11.6 Å². The second kappa shape index (κ2) is 15.1. The Morgan fingerprint density at radius 2 is 0.914 bits per heavy atom. The van der Waals surface area contributed by atoms with E-state index in [9.17, 15) is 0 Å². The van der Waals surface area contributed by atoms with Gasteiger partial charge in [-0.2, -0.15) is 0 Å². The van der Waals surface area contributed by atoms with Crippen molar-refractivity contribution in [3.8, 4) is 22.6 Å². The van der Waals surface area contributed by atoms with E-state index in [4.69, 9.17) is 9.47 Å². The lowest BCUT2D eigenvalue weighted by atomic mass is 9.84. The second-order valence-electron chi connectivity index (χ2n) is 9.89. The molecule has 4 heteroatoms. The summed E-state index contributed by atoms with van der Waals surface area (Å²) in [5.74, 6) is 0.0483. The third kappa shape index (κ3) is 7.95. The van der Waals surface area contributed by atoms with E-state index < -0.39 is 0 Å². The van der Waals surface area contributed by atoms with Crippen molar-refractivity contribution in [2.75, 3.05) is 13.2 Å². The number of hydrogen-bond acceptors (Lipinski definition) is 2. The van der Waals surface area contributed by atoms with Gasteiger partial charge in [0.15, 0.2) is 23.1 Å². The van der Waals surface area contributed by atoms with Crippen LogP contribution in [0.4, 0.5) is 8.78 Å². The quantitative estimate of drug-likeness (QED) is 0.207. The molecule has 0 unspecified atom stereocenters. The molecule has 2 aromatic carbocycles. The van der Waals surface area contributed by atoms with Crippen molar-refractivity contribution in [3.63, 3.8) is 0 Å². The molecule has 2 nitrogen and oxygen atoms in total. The van der Waals surface area contributed by atoms with Crippen molar-refractivity contribution in [1.29, 1.82) is 0 Å². The van der Waals surface area contributed by atoms with Crippen LogP contribution in [0.3, 0.4) is 0 Å². The Morgan fingerprint density at radius 3 is 1.31 bits per heavy atom. The number of hydrogen-bond donors (Lipinski definition) is 0. The van der Waals surface area contributed by atoms with Gasteiger partial charge in [-0.15, -0.1) is 0 Å². The SMILES string of the molecule is CCCCCCCCCOc1ccc2c(c1F)CCc1c-2ccc(OCCCCCCCC)c1F. The minimum atomic E-state index is -0.293. The summed E-state index contributed by atoms with van der Waals surface area (Å²) in [7, 11) is 0. The highest BCUT2D eigenvalue weighted by Crippen LogP contribution is 2.40. The molecule has 0 N–H and O–H groups in total. The van der Waals surface area contributed by atoms with E-state index in [1.807, 2.05) is 12.1 Å². The molecule has 0 bridgehead atoms. The maximum absolute atomic E-state index is 15.2. The number of benzene rings is 2. The molecule has 194 valence electrons. The minimum absolute atomic E-state index is 0.292. The molecule has 0 radical (unpaired) electrons.